The van der Waals surface area contributed by atoms with Crippen LogP contribution in [-0.4, -0.2) is 37.3 Å². The predicted molar refractivity (Wildman–Crippen MR) is 68.8 cm³/mol. The standard InChI is InChI=1S/C10H11ClO4S2/c1-17(14,15)6-5-16-8-4-2-3-7(11)9(8)10(12)13/h2-4H,5-6H2,1H3,(H,12,13). The normalized spacial score (nSPS) is 11.4. The minimum Gasteiger partial charge on any atom is -0.478 e. The van der Waals surface area contributed by atoms with Gasteiger partial charge in [-0.1, -0.05) is 17.7 Å². The van der Waals surface area contributed by atoms with Crippen LogP contribution in [-0.2, 0) is 9.84 Å². The van der Waals surface area contributed by atoms with E-state index < -0.39 is 15.8 Å². The molecule has 1 aromatic rings. The van der Waals surface area contributed by atoms with Gasteiger partial charge in [0.25, 0.3) is 0 Å². The Bertz CT molecular complexity index is 525. The van der Waals surface area contributed by atoms with E-state index in [2.05, 4.69) is 0 Å². The van der Waals surface area contributed by atoms with Gasteiger partial charge < -0.3 is 5.11 Å². The van der Waals surface area contributed by atoms with Gasteiger partial charge in [-0.05, 0) is 12.1 Å². The first-order valence-electron chi connectivity index (χ1n) is 4.63. The Morgan fingerprint density at radius 1 is 1.47 bits per heavy atom. The molecule has 0 bridgehead atoms. The fraction of sp³-hybridized carbons (Fsp3) is 0.300. The lowest BCUT2D eigenvalue weighted by Crippen LogP contribution is -2.06. The van der Waals surface area contributed by atoms with E-state index in [-0.39, 0.29) is 16.3 Å². The van der Waals surface area contributed by atoms with E-state index in [4.69, 9.17) is 16.7 Å². The maximum Gasteiger partial charge on any atom is 0.338 e. The van der Waals surface area contributed by atoms with Gasteiger partial charge in [-0.15, -0.1) is 11.8 Å². The van der Waals surface area contributed by atoms with E-state index in [9.17, 15) is 13.2 Å². The van der Waals surface area contributed by atoms with Gasteiger partial charge in [0.05, 0.1) is 16.3 Å². The van der Waals surface area contributed by atoms with Crippen LogP contribution < -0.4 is 0 Å². The predicted octanol–water partition coefficient (Wildman–Crippen LogP) is 2.17. The summed E-state index contributed by atoms with van der Waals surface area (Å²) < 4.78 is 21.9. The summed E-state index contributed by atoms with van der Waals surface area (Å²) in [5, 5.41) is 9.14. The summed E-state index contributed by atoms with van der Waals surface area (Å²) in [6.07, 6.45) is 1.14. The zero-order valence-corrected chi connectivity index (χ0v) is 11.4. The van der Waals surface area contributed by atoms with Crippen LogP contribution in [0.2, 0.25) is 5.02 Å². The van der Waals surface area contributed by atoms with Crippen molar-refractivity contribution in [1.29, 1.82) is 0 Å². The van der Waals surface area contributed by atoms with Crippen LogP contribution in [0.5, 0.6) is 0 Å². The third kappa shape index (κ3) is 4.57. The molecular weight excluding hydrogens is 284 g/mol. The molecule has 0 atom stereocenters. The average molecular weight is 295 g/mol. The lowest BCUT2D eigenvalue weighted by molar-refractivity contribution is 0.0693. The van der Waals surface area contributed by atoms with Gasteiger partial charge in [0, 0.05) is 16.9 Å². The van der Waals surface area contributed by atoms with E-state index in [1.807, 2.05) is 0 Å². The highest BCUT2D eigenvalue weighted by Crippen LogP contribution is 2.28. The van der Waals surface area contributed by atoms with Gasteiger partial charge in [-0.3, -0.25) is 0 Å². The second-order valence-electron chi connectivity index (χ2n) is 3.40. The third-order valence-electron chi connectivity index (χ3n) is 1.90. The summed E-state index contributed by atoms with van der Waals surface area (Å²) in [5.41, 5.74) is 0.0210. The highest BCUT2D eigenvalue weighted by molar-refractivity contribution is 8.00. The van der Waals surface area contributed by atoms with E-state index >= 15 is 0 Å². The molecule has 7 heteroatoms. The van der Waals surface area contributed by atoms with Gasteiger partial charge >= 0.3 is 5.97 Å². The molecule has 0 amide bonds. The lowest BCUT2D eigenvalue weighted by Gasteiger charge is -2.06. The average Bonchev–Trinajstić information content (AvgIpc) is 2.14. The maximum atomic E-state index is 11.0. The number of carbonyl (C=O) groups is 1. The third-order valence-corrected chi connectivity index (χ3v) is 4.48. The highest BCUT2D eigenvalue weighted by atomic mass is 35.5. The second kappa shape index (κ2) is 5.75. The molecule has 0 aliphatic carbocycles. The number of hydrogen-bond acceptors (Lipinski definition) is 4. The van der Waals surface area contributed by atoms with Crippen LogP contribution in [0, 0.1) is 0 Å². The smallest absolute Gasteiger partial charge is 0.338 e. The number of carboxylic acid groups (broad SMARTS) is 1. The Hall–Kier alpha value is -0.720. The van der Waals surface area contributed by atoms with Crippen LogP contribution in [0.25, 0.3) is 0 Å². The molecule has 0 unspecified atom stereocenters. The Kier molecular flexibility index (Phi) is 4.85. The van der Waals surface area contributed by atoms with E-state index in [0.717, 1.165) is 6.26 Å². The molecule has 0 saturated heterocycles. The topological polar surface area (TPSA) is 71.4 Å². The molecule has 17 heavy (non-hydrogen) atoms. The van der Waals surface area contributed by atoms with Crippen LogP contribution in [0.4, 0.5) is 0 Å². The number of rotatable bonds is 5. The molecule has 1 N–H and O–H groups in total. The van der Waals surface area contributed by atoms with Crippen molar-refractivity contribution >= 4 is 39.2 Å². The molecule has 1 rings (SSSR count). The SMILES string of the molecule is CS(=O)(=O)CCSc1cccc(Cl)c1C(=O)O. The minimum absolute atomic E-state index is 0.00321. The van der Waals surface area contributed by atoms with Crippen LogP contribution >= 0.6 is 23.4 Å². The van der Waals surface area contributed by atoms with Gasteiger partial charge in [0.2, 0.25) is 0 Å². The Morgan fingerprint density at radius 3 is 2.65 bits per heavy atom. The number of hydrogen-bond donors (Lipinski definition) is 1. The van der Waals surface area contributed by atoms with E-state index in [1.165, 1.54) is 17.8 Å². The van der Waals surface area contributed by atoms with Crippen molar-refractivity contribution in [2.45, 2.75) is 4.90 Å². The van der Waals surface area contributed by atoms with Crippen molar-refractivity contribution in [2.75, 3.05) is 17.8 Å². The molecule has 0 aromatic heterocycles. The van der Waals surface area contributed by atoms with E-state index in [1.54, 1.807) is 12.1 Å². The summed E-state index contributed by atoms with van der Waals surface area (Å²) in [5.74, 6) is -0.805. The van der Waals surface area contributed by atoms with Gasteiger partial charge in [0.15, 0.2) is 0 Å². The zero-order valence-electron chi connectivity index (χ0n) is 9.01. The first-order chi connectivity index (χ1) is 7.81. The first kappa shape index (κ1) is 14.3. The monoisotopic (exact) mass is 294 g/mol. The maximum absolute atomic E-state index is 11.0. The molecule has 94 valence electrons. The number of benzene rings is 1. The number of carboxylic acids is 1. The number of aromatic carboxylic acids is 1. The van der Waals surface area contributed by atoms with Crippen molar-refractivity contribution in [2.24, 2.45) is 0 Å². The quantitative estimate of drug-likeness (QED) is 0.843. The van der Waals surface area contributed by atoms with Crippen LogP contribution in [0.15, 0.2) is 23.1 Å². The van der Waals surface area contributed by atoms with Crippen LogP contribution in [0.1, 0.15) is 10.4 Å². The van der Waals surface area contributed by atoms with Gasteiger partial charge in [0.1, 0.15) is 9.84 Å². The molecule has 0 saturated carbocycles. The van der Waals surface area contributed by atoms with Crippen molar-refractivity contribution in [3.05, 3.63) is 28.8 Å². The Balaban J connectivity index is 2.85. The molecule has 4 nitrogen and oxygen atoms in total. The van der Waals surface area contributed by atoms with E-state index in [0.29, 0.717) is 10.6 Å². The van der Waals surface area contributed by atoms with Crippen molar-refractivity contribution < 1.29 is 18.3 Å². The van der Waals surface area contributed by atoms with Crippen molar-refractivity contribution in [1.82, 2.24) is 0 Å². The van der Waals surface area contributed by atoms with Gasteiger partial charge in [-0.2, -0.15) is 0 Å². The zero-order chi connectivity index (χ0) is 13.1. The van der Waals surface area contributed by atoms with Crippen molar-refractivity contribution in [3.63, 3.8) is 0 Å². The number of sulfone groups is 1. The summed E-state index contributed by atoms with van der Waals surface area (Å²) in [6.45, 7) is 0. The fourth-order valence-corrected chi connectivity index (χ4v) is 3.73. The number of halogens is 1. The highest BCUT2D eigenvalue weighted by Gasteiger charge is 2.15. The second-order valence-corrected chi connectivity index (χ2v) is 7.20. The summed E-state index contributed by atoms with van der Waals surface area (Å²) >= 11 is 6.95. The minimum atomic E-state index is -3.04. The Morgan fingerprint density at radius 2 is 2.12 bits per heavy atom. The molecule has 0 aliphatic heterocycles. The first-order valence-corrected chi connectivity index (χ1v) is 8.06. The van der Waals surface area contributed by atoms with Crippen molar-refractivity contribution in [3.8, 4) is 0 Å². The molecule has 0 fully saturated rings. The largest absolute Gasteiger partial charge is 0.478 e. The molecule has 0 spiro atoms. The fourth-order valence-electron chi connectivity index (χ4n) is 1.14. The van der Waals surface area contributed by atoms with Gasteiger partial charge in [-0.25, -0.2) is 13.2 Å². The summed E-state index contributed by atoms with van der Waals surface area (Å²) in [4.78, 5) is 11.5. The molecule has 0 aliphatic rings. The Labute approximate surface area is 109 Å². The molecule has 0 heterocycles. The molecule has 1 aromatic carbocycles. The molecule has 0 radical (unpaired) electrons. The number of thioether (sulfide) groups is 1. The lowest BCUT2D eigenvalue weighted by atomic mass is 10.2. The summed E-state index contributed by atoms with van der Waals surface area (Å²) in [7, 11) is -3.04. The molecular formula is C10H11ClO4S2. The van der Waals surface area contributed by atoms with Crippen LogP contribution in [0.3, 0.4) is 0 Å². The summed E-state index contributed by atoms with van der Waals surface area (Å²) in [6, 6.07) is 4.74.